The second-order valence-electron chi connectivity index (χ2n) is 6.84. The van der Waals surface area contributed by atoms with Crippen molar-refractivity contribution in [1.82, 2.24) is 14.7 Å². The molecule has 1 aliphatic rings. The highest BCUT2D eigenvalue weighted by atomic mass is 16.8. The first-order valence-electron chi connectivity index (χ1n) is 7.93. The summed E-state index contributed by atoms with van der Waals surface area (Å²) in [6.45, 7) is 12.4. The van der Waals surface area contributed by atoms with Crippen molar-refractivity contribution in [3.63, 3.8) is 0 Å². The summed E-state index contributed by atoms with van der Waals surface area (Å²) < 4.78 is 18.7. The molecule has 0 spiro atoms. The predicted molar refractivity (Wildman–Crippen MR) is 89.6 cm³/mol. The van der Waals surface area contributed by atoms with Crippen molar-refractivity contribution < 1.29 is 19.0 Å². The Balaban J connectivity index is 2.25. The van der Waals surface area contributed by atoms with Crippen LogP contribution in [0.2, 0.25) is 0 Å². The van der Waals surface area contributed by atoms with Gasteiger partial charge in [0.2, 0.25) is 11.8 Å². The second-order valence-corrected chi connectivity index (χ2v) is 6.84. The number of hydrogen-bond donors (Lipinski definition) is 0. The normalized spacial score (nSPS) is 22.4. The number of aromatic nitrogens is 2. The summed E-state index contributed by atoms with van der Waals surface area (Å²) in [5.41, 5.74) is 1.12. The van der Waals surface area contributed by atoms with Crippen LogP contribution in [0.4, 0.5) is 0 Å². The minimum atomic E-state index is -0.653. The lowest BCUT2D eigenvalue weighted by atomic mass is 10.1. The molecule has 7 heteroatoms. The highest BCUT2D eigenvalue weighted by Gasteiger charge is 2.43. The van der Waals surface area contributed by atoms with Crippen LogP contribution in [0.15, 0.2) is 12.7 Å². The van der Waals surface area contributed by atoms with Crippen molar-refractivity contribution in [1.29, 1.82) is 0 Å². The van der Waals surface area contributed by atoms with Crippen molar-refractivity contribution >= 4 is 5.91 Å². The van der Waals surface area contributed by atoms with Crippen LogP contribution >= 0.6 is 0 Å². The zero-order valence-electron chi connectivity index (χ0n) is 15.4. The van der Waals surface area contributed by atoms with Crippen molar-refractivity contribution in [2.75, 3.05) is 20.3 Å². The van der Waals surface area contributed by atoms with Gasteiger partial charge in [-0.25, -0.2) is 4.68 Å². The van der Waals surface area contributed by atoms with E-state index in [1.54, 1.807) is 16.7 Å². The van der Waals surface area contributed by atoms with Crippen molar-refractivity contribution in [3.05, 3.63) is 23.9 Å². The number of rotatable bonds is 6. The fraction of sp³-hybridized carbons (Fsp3) is 0.647. The molecule has 1 fully saturated rings. The van der Waals surface area contributed by atoms with Crippen LogP contribution in [0.25, 0.3) is 0 Å². The zero-order chi connectivity index (χ0) is 18.1. The van der Waals surface area contributed by atoms with E-state index in [1.165, 1.54) is 6.08 Å². The van der Waals surface area contributed by atoms with Gasteiger partial charge in [0.05, 0.1) is 38.1 Å². The van der Waals surface area contributed by atoms with Crippen molar-refractivity contribution in [2.24, 2.45) is 7.05 Å². The number of amides is 1. The first-order valence-corrected chi connectivity index (χ1v) is 7.93. The Hall–Kier alpha value is -1.86. The van der Waals surface area contributed by atoms with Gasteiger partial charge in [0.25, 0.3) is 0 Å². The molecule has 1 saturated heterocycles. The Morgan fingerprint density at radius 1 is 1.50 bits per heavy atom. The van der Waals surface area contributed by atoms with Crippen LogP contribution in [-0.4, -0.2) is 52.2 Å². The lowest BCUT2D eigenvalue weighted by molar-refractivity contribution is -0.163. The van der Waals surface area contributed by atoms with Gasteiger partial charge in [-0.3, -0.25) is 4.79 Å². The molecule has 24 heavy (non-hydrogen) atoms. The van der Waals surface area contributed by atoms with E-state index in [-0.39, 0.29) is 5.91 Å². The van der Waals surface area contributed by atoms with Crippen molar-refractivity contribution in [2.45, 2.75) is 45.6 Å². The van der Waals surface area contributed by atoms with Gasteiger partial charge in [-0.1, -0.05) is 6.58 Å². The average Bonchev–Trinajstić information content (AvgIpc) is 2.92. The van der Waals surface area contributed by atoms with Gasteiger partial charge >= 0.3 is 0 Å². The summed E-state index contributed by atoms with van der Waals surface area (Å²) in [5, 5.41) is 4.36. The monoisotopic (exact) mass is 337 g/mol. The van der Waals surface area contributed by atoms with Crippen LogP contribution in [0.3, 0.4) is 0 Å². The largest absolute Gasteiger partial charge is 0.481 e. The van der Waals surface area contributed by atoms with Gasteiger partial charge in [0.1, 0.15) is 5.60 Å². The fourth-order valence-corrected chi connectivity index (χ4v) is 3.11. The number of carbonyl (C=O) groups is 1. The number of ether oxygens (including phenoxy) is 3. The molecule has 2 heterocycles. The topological polar surface area (TPSA) is 65.8 Å². The molecule has 1 aliphatic heterocycles. The highest BCUT2D eigenvalue weighted by molar-refractivity contribution is 5.87. The molecule has 1 aromatic heterocycles. The molecule has 7 nitrogen and oxygen atoms in total. The third kappa shape index (κ3) is 3.79. The van der Waals surface area contributed by atoms with Gasteiger partial charge < -0.3 is 19.1 Å². The maximum atomic E-state index is 12.4. The van der Waals surface area contributed by atoms with E-state index in [1.807, 2.05) is 34.7 Å². The smallest absolute Gasteiger partial charge is 0.246 e. The molecule has 1 aromatic rings. The van der Waals surface area contributed by atoms with Gasteiger partial charge in [-0.15, -0.1) is 0 Å². The van der Waals surface area contributed by atoms with E-state index < -0.39 is 11.4 Å². The third-order valence-corrected chi connectivity index (χ3v) is 4.06. The summed E-state index contributed by atoms with van der Waals surface area (Å²) in [5.74, 6) is -0.183. The molecule has 0 N–H and O–H groups in total. The van der Waals surface area contributed by atoms with Gasteiger partial charge in [-0.2, -0.15) is 5.10 Å². The number of hydrogen-bond acceptors (Lipinski definition) is 5. The van der Waals surface area contributed by atoms with Gasteiger partial charge in [0, 0.05) is 7.05 Å². The predicted octanol–water partition coefficient (Wildman–Crippen LogP) is 1.79. The third-order valence-electron chi connectivity index (χ3n) is 4.06. The minimum absolute atomic E-state index is 0.171. The van der Waals surface area contributed by atoms with E-state index in [2.05, 4.69) is 11.7 Å². The molecule has 0 aliphatic carbocycles. The standard InChI is InChI=1S/C17H27N3O4/c1-8-14(21)20(10-17(5)11-23-16(3,4)24-17)9-13-12(2)18-19(6)15(13)22-7/h8H,1,9-11H2,2-7H3. The molecule has 134 valence electrons. The van der Waals surface area contributed by atoms with Crippen LogP contribution in [-0.2, 0) is 27.9 Å². The molecule has 0 aromatic carbocycles. The van der Waals surface area contributed by atoms with E-state index in [4.69, 9.17) is 14.2 Å². The second kappa shape index (κ2) is 6.57. The highest BCUT2D eigenvalue weighted by Crippen LogP contribution is 2.32. The molecular weight excluding hydrogens is 310 g/mol. The van der Waals surface area contributed by atoms with E-state index in [0.29, 0.717) is 25.6 Å². The molecular formula is C17H27N3O4. The zero-order valence-corrected chi connectivity index (χ0v) is 15.4. The lowest BCUT2D eigenvalue weighted by Crippen LogP contribution is -2.45. The Kier molecular flexibility index (Phi) is 5.05. The summed E-state index contributed by atoms with van der Waals surface area (Å²) in [4.78, 5) is 14.1. The molecule has 2 rings (SSSR count). The Morgan fingerprint density at radius 3 is 2.67 bits per heavy atom. The molecule has 0 radical (unpaired) electrons. The first kappa shape index (κ1) is 18.5. The summed E-state index contributed by atoms with van der Waals surface area (Å²) in [7, 11) is 3.41. The van der Waals surface area contributed by atoms with Crippen LogP contribution < -0.4 is 4.74 Å². The van der Waals surface area contributed by atoms with E-state index in [9.17, 15) is 4.79 Å². The minimum Gasteiger partial charge on any atom is -0.481 e. The number of nitrogens with zero attached hydrogens (tertiary/aromatic N) is 3. The number of aryl methyl sites for hydroxylation is 2. The van der Waals surface area contributed by atoms with Gasteiger partial charge in [0.15, 0.2) is 5.79 Å². The Morgan fingerprint density at radius 2 is 2.17 bits per heavy atom. The first-order chi connectivity index (χ1) is 11.1. The van der Waals surface area contributed by atoms with Gasteiger partial charge in [-0.05, 0) is 33.8 Å². The SMILES string of the molecule is C=CC(=O)N(Cc1c(C)nn(C)c1OC)CC1(C)COC(C)(C)O1. The number of methoxy groups -OCH3 is 1. The molecule has 1 unspecified atom stereocenters. The molecule has 0 saturated carbocycles. The van der Waals surface area contributed by atoms with Crippen LogP contribution in [0.5, 0.6) is 5.88 Å². The maximum absolute atomic E-state index is 12.4. The van der Waals surface area contributed by atoms with E-state index in [0.717, 1.165) is 11.3 Å². The Labute approximate surface area is 143 Å². The average molecular weight is 337 g/mol. The maximum Gasteiger partial charge on any atom is 0.246 e. The molecule has 0 bridgehead atoms. The fourth-order valence-electron chi connectivity index (χ4n) is 3.11. The number of carbonyl (C=O) groups excluding carboxylic acids is 1. The molecule has 1 amide bonds. The van der Waals surface area contributed by atoms with Crippen LogP contribution in [0.1, 0.15) is 32.0 Å². The Bertz CT molecular complexity index is 638. The summed E-state index contributed by atoms with van der Waals surface area (Å²) >= 11 is 0. The van der Waals surface area contributed by atoms with E-state index >= 15 is 0 Å². The summed E-state index contributed by atoms with van der Waals surface area (Å²) in [6.07, 6.45) is 1.31. The lowest BCUT2D eigenvalue weighted by Gasteiger charge is -2.31. The van der Waals surface area contributed by atoms with Crippen LogP contribution in [0, 0.1) is 6.92 Å². The van der Waals surface area contributed by atoms with Crippen molar-refractivity contribution in [3.8, 4) is 5.88 Å². The quantitative estimate of drug-likeness (QED) is 0.741. The summed E-state index contributed by atoms with van der Waals surface area (Å²) in [6, 6.07) is 0. The molecule has 1 atom stereocenters.